The summed E-state index contributed by atoms with van der Waals surface area (Å²) in [6, 6.07) is 5.30. The topological polar surface area (TPSA) is 48.9 Å². The lowest BCUT2D eigenvalue weighted by Gasteiger charge is -2.33. The maximum absolute atomic E-state index is 6.27. The molecule has 1 aliphatic rings. The second-order valence-corrected chi connectivity index (χ2v) is 5.98. The predicted octanol–water partition coefficient (Wildman–Crippen LogP) is 4.60. The second kappa shape index (κ2) is 4.99. The van der Waals surface area contributed by atoms with Crippen LogP contribution in [0.25, 0.3) is 17.0 Å². The first-order valence-electron chi connectivity index (χ1n) is 6.77. The van der Waals surface area contributed by atoms with Crippen LogP contribution in [0.2, 0.25) is 10.0 Å². The smallest absolute Gasteiger partial charge is 0.230 e. The van der Waals surface area contributed by atoms with Gasteiger partial charge in [0.25, 0.3) is 0 Å². The molecule has 3 heterocycles. The van der Waals surface area contributed by atoms with Crippen molar-refractivity contribution in [2.24, 2.45) is 0 Å². The molecule has 1 fully saturated rings. The Morgan fingerprint density at radius 1 is 1.23 bits per heavy atom. The van der Waals surface area contributed by atoms with Crippen LogP contribution in [0.5, 0.6) is 0 Å². The average Bonchev–Trinajstić information content (AvgIpc) is 2.94. The van der Waals surface area contributed by atoms with Crippen LogP contribution < -0.4 is 0 Å². The molecule has 5 nitrogen and oxygen atoms in total. The molecule has 3 aromatic rings. The number of rotatable bonds is 2. The van der Waals surface area contributed by atoms with E-state index in [9.17, 15) is 0 Å². The van der Waals surface area contributed by atoms with Crippen molar-refractivity contribution in [2.75, 3.05) is 0 Å². The Labute approximate surface area is 136 Å². The lowest BCUT2D eigenvalue weighted by molar-refractivity contribution is -0.382. The Kier molecular flexibility index (Phi) is 3.20. The molecule has 0 aliphatic carbocycles. The second-order valence-electron chi connectivity index (χ2n) is 5.13. The van der Waals surface area contributed by atoms with Crippen molar-refractivity contribution in [1.29, 1.82) is 0 Å². The van der Waals surface area contributed by atoms with Crippen molar-refractivity contribution < 1.29 is 13.9 Å². The summed E-state index contributed by atoms with van der Waals surface area (Å²) < 4.78 is 18.5. The molecule has 0 N–H and O–H groups in total. The Hall–Kier alpha value is -1.53. The molecule has 0 radical (unpaired) electrons. The summed E-state index contributed by atoms with van der Waals surface area (Å²) in [5.41, 5.74) is 3.73. The van der Waals surface area contributed by atoms with Gasteiger partial charge >= 0.3 is 0 Å². The van der Waals surface area contributed by atoms with Gasteiger partial charge in [-0.05, 0) is 32.0 Å². The summed E-state index contributed by atoms with van der Waals surface area (Å²) >= 11 is 12.2. The third-order valence-electron chi connectivity index (χ3n) is 3.65. The molecule has 0 amide bonds. The number of oxazole rings is 1. The van der Waals surface area contributed by atoms with Crippen molar-refractivity contribution in [1.82, 2.24) is 9.61 Å². The lowest BCUT2D eigenvalue weighted by atomic mass is 10.2. The van der Waals surface area contributed by atoms with Crippen LogP contribution in [-0.2, 0) is 9.47 Å². The molecule has 0 unspecified atom stereocenters. The minimum Gasteiger partial charge on any atom is -0.444 e. The number of ether oxygens (including phenoxy) is 2. The van der Waals surface area contributed by atoms with Crippen LogP contribution in [0.15, 0.2) is 28.9 Å². The number of fused-ring (bicyclic) bond motifs is 1. The number of halogens is 2. The zero-order valence-electron chi connectivity index (χ0n) is 11.8. The van der Waals surface area contributed by atoms with E-state index in [-0.39, 0.29) is 6.29 Å². The predicted molar refractivity (Wildman–Crippen MR) is 82.0 cm³/mol. The third kappa shape index (κ3) is 2.05. The quantitative estimate of drug-likeness (QED) is 0.685. The fraction of sp³-hybridized carbons (Fsp3) is 0.267. The van der Waals surface area contributed by atoms with Crippen molar-refractivity contribution in [3.63, 3.8) is 0 Å². The molecular weight excluding hydrogens is 327 g/mol. The van der Waals surface area contributed by atoms with Crippen LogP contribution in [-0.4, -0.2) is 15.9 Å². The van der Waals surface area contributed by atoms with Gasteiger partial charge in [-0.15, -0.1) is 0 Å². The van der Waals surface area contributed by atoms with Crippen LogP contribution in [0.4, 0.5) is 0 Å². The number of aryl methyl sites for hydroxylation is 1. The Bertz CT molecular complexity index is 865. The maximum atomic E-state index is 6.27. The fourth-order valence-electron chi connectivity index (χ4n) is 2.60. The maximum Gasteiger partial charge on any atom is 0.230 e. The van der Waals surface area contributed by atoms with Crippen molar-refractivity contribution in [2.45, 2.75) is 26.4 Å². The normalized spacial score (nSPS) is 21.3. The van der Waals surface area contributed by atoms with E-state index in [1.807, 2.05) is 19.9 Å². The molecule has 7 heteroatoms. The highest BCUT2D eigenvalue weighted by Crippen LogP contribution is 2.38. The van der Waals surface area contributed by atoms with Gasteiger partial charge < -0.3 is 13.9 Å². The first kappa shape index (κ1) is 14.1. The summed E-state index contributed by atoms with van der Waals surface area (Å²) in [6.07, 6.45) is 0.967. The number of nitrogens with zero attached hydrogens (tertiary/aromatic N) is 2. The first-order chi connectivity index (χ1) is 10.5. The van der Waals surface area contributed by atoms with Crippen LogP contribution >= 0.6 is 23.2 Å². The van der Waals surface area contributed by atoms with E-state index in [1.165, 1.54) is 0 Å². The van der Waals surface area contributed by atoms with Gasteiger partial charge in [-0.2, -0.15) is 9.61 Å². The molecule has 1 aliphatic heterocycles. The highest BCUT2D eigenvalue weighted by molar-refractivity contribution is 6.36. The zero-order chi connectivity index (χ0) is 15.4. The van der Waals surface area contributed by atoms with Gasteiger partial charge in [0, 0.05) is 10.6 Å². The van der Waals surface area contributed by atoms with Gasteiger partial charge in [0.2, 0.25) is 5.71 Å². The van der Waals surface area contributed by atoms with E-state index < -0.39 is 6.29 Å². The summed E-state index contributed by atoms with van der Waals surface area (Å²) in [7, 11) is 0. The largest absolute Gasteiger partial charge is 0.444 e. The van der Waals surface area contributed by atoms with E-state index >= 15 is 0 Å². The molecule has 0 atom stereocenters. The van der Waals surface area contributed by atoms with Crippen molar-refractivity contribution >= 4 is 28.9 Å². The van der Waals surface area contributed by atoms with E-state index in [4.69, 9.17) is 37.1 Å². The van der Waals surface area contributed by atoms with Gasteiger partial charge in [-0.1, -0.05) is 23.2 Å². The highest BCUT2D eigenvalue weighted by Gasteiger charge is 2.34. The Balaban J connectivity index is 1.85. The van der Waals surface area contributed by atoms with Gasteiger partial charge in [0.1, 0.15) is 12.0 Å². The summed E-state index contributed by atoms with van der Waals surface area (Å²) in [5.74, 6) is 0. The molecular formula is C15H12Cl2N2O3. The summed E-state index contributed by atoms with van der Waals surface area (Å²) in [4.78, 5) is 0. The van der Waals surface area contributed by atoms with E-state index in [1.54, 1.807) is 22.9 Å². The molecule has 114 valence electrons. The average molecular weight is 339 g/mol. The van der Waals surface area contributed by atoms with Gasteiger partial charge in [-0.25, -0.2) is 0 Å². The number of benzene rings is 1. The standard InChI is InChI=1S/C15H12Cl2N2O3/c1-7-13(15-21-8(2)22-15)14-19(18-7)12(6-20-14)10-4-3-9(16)5-11(10)17/h3-6,8,15H,1-2H3. The van der Waals surface area contributed by atoms with Gasteiger partial charge in [0.05, 0.1) is 16.3 Å². The molecule has 4 rings (SSSR count). The van der Waals surface area contributed by atoms with Gasteiger partial charge in [-0.3, -0.25) is 0 Å². The van der Waals surface area contributed by atoms with Crippen LogP contribution in [0.1, 0.15) is 24.5 Å². The summed E-state index contributed by atoms with van der Waals surface area (Å²) in [5, 5.41) is 5.63. The van der Waals surface area contributed by atoms with E-state index in [0.29, 0.717) is 15.8 Å². The molecule has 2 aromatic heterocycles. The van der Waals surface area contributed by atoms with E-state index in [2.05, 4.69) is 5.10 Å². The third-order valence-corrected chi connectivity index (χ3v) is 4.19. The van der Waals surface area contributed by atoms with Gasteiger partial charge in [0.15, 0.2) is 12.6 Å². The van der Waals surface area contributed by atoms with Crippen molar-refractivity contribution in [3.8, 4) is 11.3 Å². The Morgan fingerprint density at radius 2 is 2.00 bits per heavy atom. The minimum absolute atomic E-state index is 0.209. The molecule has 0 bridgehead atoms. The highest BCUT2D eigenvalue weighted by atomic mass is 35.5. The zero-order valence-corrected chi connectivity index (χ0v) is 13.4. The number of aromatic nitrogens is 2. The van der Waals surface area contributed by atoms with E-state index in [0.717, 1.165) is 22.5 Å². The summed E-state index contributed by atoms with van der Waals surface area (Å²) in [6.45, 7) is 3.73. The first-order valence-corrected chi connectivity index (χ1v) is 7.53. The molecule has 22 heavy (non-hydrogen) atoms. The number of hydrogen-bond acceptors (Lipinski definition) is 4. The molecule has 1 saturated heterocycles. The molecule has 0 spiro atoms. The Morgan fingerprint density at radius 3 is 2.68 bits per heavy atom. The van der Waals surface area contributed by atoms with Crippen LogP contribution in [0, 0.1) is 6.92 Å². The number of hydrogen-bond donors (Lipinski definition) is 0. The van der Waals surface area contributed by atoms with Crippen LogP contribution in [0.3, 0.4) is 0 Å². The monoisotopic (exact) mass is 338 g/mol. The molecule has 0 saturated carbocycles. The minimum atomic E-state index is -0.438. The SMILES string of the molecule is Cc1nn2c(-c3ccc(Cl)cc3Cl)coc2c1C1OC(C)O1. The molecule has 1 aromatic carbocycles. The lowest BCUT2D eigenvalue weighted by Crippen LogP contribution is -2.31. The van der Waals surface area contributed by atoms with Crippen molar-refractivity contribution in [3.05, 3.63) is 45.8 Å². The fourth-order valence-corrected chi connectivity index (χ4v) is 3.10.